The van der Waals surface area contributed by atoms with E-state index in [9.17, 15) is 0 Å². The minimum absolute atomic E-state index is 0.371. The number of benzene rings is 2. The number of nitrogens with two attached hydrogens (primary N) is 1. The second-order valence-electron chi connectivity index (χ2n) is 3.61. The summed E-state index contributed by atoms with van der Waals surface area (Å²) in [6.07, 6.45) is 0. The first-order chi connectivity index (χ1) is 8.56. The molecule has 0 aliphatic carbocycles. The number of aliphatic imine (C=N–C) groups is 1. The van der Waals surface area contributed by atoms with Gasteiger partial charge in [0.1, 0.15) is 5.17 Å². The van der Waals surface area contributed by atoms with Crippen molar-refractivity contribution in [1.29, 1.82) is 0 Å². The molecule has 2 aromatic carbocycles. The summed E-state index contributed by atoms with van der Waals surface area (Å²) in [5.74, 6) is 0. The van der Waals surface area contributed by atoms with E-state index in [1.165, 1.54) is 0 Å². The van der Waals surface area contributed by atoms with E-state index >= 15 is 0 Å². The molecule has 0 aliphatic rings. The topological polar surface area (TPSA) is 38.4 Å². The fraction of sp³-hybridized carbons (Fsp3) is 0. The van der Waals surface area contributed by atoms with Crippen LogP contribution < -0.4 is 5.73 Å². The van der Waals surface area contributed by atoms with E-state index in [-0.39, 0.29) is 0 Å². The average Bonchev–Trinajstić information content (AvgIpc) is 2.35. The molecule has 0 aliphatic heterocycles. The minimum atomic E-state index is 0.371. The van der Waals surface area contributed by atoms with Crippen molar-refractivity contribution in [3.63, 3.8) is 0 Å². The van der Waals surface area contributed by atoms with Crippen molar-refractivity contribution in [2.24, 2.45) is 4.99 Å². The quantitative estimate of drug-likeness (QED) is 0.563. The maximum atomic E-state index is 6.20. The summed E-state index contributed by atoms with van der Waals surface area (Å²) >= 11 is 12.9. The second kappa shape index (κ2) is 5.87. The van der Waals surface area contributed by atoms with Crippen LogP contribution in [0.25, 0.3) is 0 Å². The Hall–Kier alpha value is -0.840. The van der Waals surface area contributed by atoms with Crippen molar-refractivity contribution >= 4 is 60.0 Å². The van der Waals surface area contributed by atoms with E-state index in [2.05, 4.69) is 36.9 Å². The molecule has 0 atom stereocenters. The number of anilines is 1. The third-order valence-electron chi connectivity index (χ3n) is 2.29. The molecule has 2 N–H and O–H groups in total. The summed E-state index contributed by atoms with van der Waals surface area (Å²) in [5.41, 5.74) is 7.97. The molecule has 0 unspecified atom stereocenters. The predicted molar refractivity (Wildman–Crippen MR) is 84.7 cm³/mol. The minimum Gasteiger partial charge on any atom is -0.398 e. The van der Waals surface area contributed by atoms with Crippen molar-refractivity contribution in [3.05, 3.63) is 57.0 Å². The van der Waals surface area contributed by atoms with E-state index in [4.69, 9.17) is 17.3 Å². The molecule has 0 saturated carbocycles. The van der Waals surface area contributed by atoms with Crippen LogP contribution in [0, 0.1) is 0 Å². The lowest BCUT2D eigenvalue weighted by molar-refractivity contribution is 1.50. The molecule has 2 rings (SSSR count). The Bertz CT molecular complexity index is 594. The van der Waals surface area contributed by atoms with E-state index in [0.29, 0.717) is 16.4 Å². The fourth-order valence-electron chi connectivity index (χ4n) is 1.40. The van der Waals surface area contributed by atoms with Gasteiger partial charge in [-0.1, -0.05) is 43.5 Å². The summed E-state index contributed by atoms with van der Waals surface area (Å²) in [7, 11) is 0. The largest absolute Gasteiger partial charge is 0.398 e. The number of nitrogen functional groups attached to an aromatic ring is 1. The first kappa shape index (κ1) is 13.6. The van der Waals surface area contributed by atoms with Crippen LogP contribution in [0.1, 0.15) is 5.56 Å². The zero-order chi connectivity index (χ0) is 13.1. The molecular weight excluding hydrogens is 379 g/mol. The monoisotopic (exact) mass is 386 g/mol. The van der Waals surface area contributed by atoms with Crippen LogP contribution in [0.4, 0.5) is 11.4 Å². The Labute approximate surface area is 127 Å². The van der Waals surface area contributed by atoms with Crippen molar-refractivity contribution < 1.29 is 0 Å². The van der Waals surface area contributed by atoms with Gasteiger partial charge < -0.3 is 5.73 Å². The summed E-state index contributed by atoms with van der Waals surface area (Å²) in [5, 5.41) is 0.371. The molecule has 5 heteroatoms. The molecule has 2 nitrogen and oxygen atoms in total. The van der Waals surface area contributed by atoms with Crippen LogP contribution in [0.3, 0.4) is 0 Å². The molecule has 2 aromatic rings. The third-order valence-corrected chi connectivity index (χ3v) is 3.60. The highest BCUT2D eigenvalue weighted by molar-refractivity contribution is 9.10. The molecule has 0 fully saturated rings. The summed E-state index contributed by atoms with van der Waals surface area (Å²) < 4.78 is 1.91. The van der Waals surface area contributed by atoms with Crippen molar-refractivity contribution in [1.82, 2.24) is 0 Å². The normalized spacial score (nSPS) is 11.6. The Morgan fingerprint density at radius 1 is 1.00 bits per heavy atom. The highest BCUT2D eigenvalue weighted by Crippen LogP contribution is 2.24. The van der Waals surface area contributed by atoms with E-state index in [1.54, 1.807) is 6.07 Å². The Morgan fingerprint density at radius 3 is 2.28 bits per heavy atom. The fourth-order valence-corrected chi connectivity index (χ4v) is 2.28. The number of rotatable bonds is 2. The highest BCUT2D eigenvalue weighted by Gasteiger charge is 2.06. The maximum absolute atomic E-state index is 6.20. The Kier molecular flexibility index (Phi) is 4.43. The first-order valence-electron chi connectivity index (χ1n) is 5.11. The predicted octanol–water partition coefficient (Wildman–Crippen LogP) is 5.11. The van der Waals surface area contributed by atoms with Gasteiger partial charge >= 0.3 is 0 Å². The van der Waals surface area contributed by atoms with Gasteiger partial charge in [0.25, 0.3) is 0 Å². The average molecular weight is 388 g/mol. The van der Waals surface area contributed by atoms with E-state index in [1.807, 2.05) is 36.4 Å². The Balaban J connectivity index is 2.38. The Morgan fingerprint density at radius 2 is 1.61 bits per heavy atom. The van der Waals surface area contributed by atoms with Crippen molar-refractivity contribution in [3.8, 4) is 0 Å². The molecule has 0 saturated heterocycles. The summed E-state index contributed by atoms with van der Waals surface area (Å²) in [6.45, 7) is 0. The molecule has 0 bridgehead atoms. The van der Waals surface area contributed by atoms with Gasteiger partial charge in [0.15, 0.2) is 0 Å². The van der Waals surface area contributed by atoms with Crippen LogP contribution >= 0.6 is 43.5 Å². The molecule has 18 heavy (non-hydrogen) atoms. The van der Waals surface area contributed by atoms with Gasteiger partial charge in [-0.05, 0) is 42.5 Å². The van der Waals surface area contributed by atoms with Crippen LogP contribution in [0.15, 0.2) is 56.4 Å². The van der Waals surface area contributed by atoms with Crippen LogP contribution in [-0.2, 0) is 0 Å². The zero-order valence-electron chi connectivity index (χ0n) is 9.20. The first-order valence-corrected chi connectivity index (χ1v) is 7.08. The van der Waals surface area contributed by atoms with Crippen LogP contribution in [0.2, 0.25) is 0 Å². The summed E-state index contributed by atoms with van der Waals surface area (Å²) in [6, 6.07) is 13.1. The number of hydrogen-bond donors (Lipinski definition) is 1. The van der Waals surface area contributed by atoms with Gasteiger partial charge in [-0.25, -0.2) is 4.99 Å². The van der Waals surface area contributed by atoms with Gasteiger partial charge in [-0.2, -0.15) is 0 Å². The molecule has 92 valence electrons. The number of hydrogen-bond acceptors (Lipinski definition) is 2. The van der Waals surface area contributed by atoms with Gasteiger partial charge in [-0.15, -0.1) is 0 Å². The van der Waals surface area contributed by atoms with Crippen LogP contribution in [-0.4, -0.2) is 5.17 Å². The molecule has 0 heterocycles. The van der Waals surface area contributed by atoms with E-state index in [0.717, 1.165) is 14.6 Å². The zero-order valence-corrected chi connectivity index (χ0v) is 13.1. The smallest absolute Gasteiger partial charge is 0.139 e. The third kappa shape index (κ3) is 3.34. The lowest BCUT2D eigenvalue weighted by Gasteiger charge is -2.04. The number of nitrogens with zero attached hydrogens (tertiary/aromatic N) is 1. The van der Waals surface area contributed by atoms with Gasteiger partial charge in [-0.3, -0.25) is 0 Å². The molecular formula is C13H9Br2ClN2. The van der Waals surface area contributed by atoms with Crippen molar-refractivity contribution in [2.75, 3.05) is 5.73 Å². The van der Waals surface area contributed by atoms with E-state index < -0.39 is 0 Å². The second-order valence-corrected chi connectivity index (χ2v) is 5.80. The van der Waals surface area contributed by atoms with Crippen molar-refractivity contribution in [2.45, 2.75) is 0 Å². The SMILES string of the molecule is Nc1ccc(Br)cc1C(Cl)=Nc1ccc(Br)cc1. The highest BCUT2D eigenvalue weighted by atomic mass is 79.9. The summed E-state index contributed by atoms with van der Waals surface area (Å²) in [4.78, 5) is 4.33. The van der Waals surface area contributed by atoms with Gasteiger partial charge in [0, 0.05) is 20.2 Å². The molecule has 0 spiro atoms. The van der Waals surface area contributed by atoms with Gasteiger partial charge in [0.05, 0.1) is 5.69 Å². The van der Waals surface area contributed by atoms with Crippen LogP contribution in [0.5, 0.6) is 0 Å². The molecule has 0 aromatic heterocycles. The lowest BCUT2D eigenvalue weighted by Crippen LogP contribution is -1.98. The molecule has 0 amide bonds. The molecule has 0 radical (unpaired) electrons. The maximum Gasteiger partial charge on any atom is 0.139 e. The van der Waals surface area contributed by atoms with Gasteiger partial charge in [0.2, 0.25) is 0 Å². The lowest BCUT2D eigenvalue weighted by atomic mass is 10.2. The number of halogens is 3. The standard InChI is InChI=1S/C13H9Br2ClN2/c14-8-1-4-10(5-2-8)18-13(16)11-7-9(15)3-6-12(11)17/h1-7H,17H2.